The first kappa shape index (κ1) is 18.7. The first-order valence-electron chi connectivity index (χ1n) is 10.0. The molecule has 0 radical (unpaired) electrons. The molecular formula is C23H26N2O3. The van der Waals surface area contributed by atoms with E-state index in [0.29, 0.717) is 25.1 Å². The molecule has 2 fully saturated rings. The molecule has 3 heterocycles. The number of benzene rings is 1. The van der Waals surface area contributed by atoms with Crippen LogP contribution in [-0.2, 0) is 16.0 Å². The van der Waals surface area contributed by atoms with Crippen molar-refractivity contribution in [3.8, 4) is 0 Å². The van der Waals surface area contributed by atoms with E-state index in [1.165, 1.54) is 0 Å². The number of pyridine rings is 1. The van der Waals surface area contributed by atoms with E-state index in [2.05, 4.69) is 4.98 Å². The zero-order valence-electron chi connectivity index (χ0n) is 16.4. The van der Waals surface area contributed by atoms with E-state index in [9.17, 15) is 9.59 Å². The molecule has 2 aliphatic heterocycles. The van der Waals surface area contributed by atoms with Crippen LogP contribution in [0.15, 0.2) is 48.5 Å². The first-order valence-corrected chi connectivity index (χ1v) is 10.0. The Kier molecular flexibility index (Phi) is 4.92. The summed E-state index contributed by atoms with van der Waals surface area (Å²) in [5, 5.41) is 0. The third kappa shape index (κ3) is 3.09. The fraction of sp³-hybridized carbons (Fsp3) is 0.435. The van der Waals surface area contributed by atoms with Crippen molar-refractivity contribution in [2.45, 2.75) is 51.6 Å². The second-order valence-corrected chi connectivity index (χ2v) is 7.87. The van der Waals surface area contributed by atoms with E-state index in [4.69, 9.17) is 4.74 Å². The molecule has 1 amide bonds. The Balaban J connectivity index is 1.69. The molecule has 146 valence electrons. The Bertz CT molecular complexity index is 882. The second-order valence-electron chi connectivity index (χ2n) is 7.87. The molecular weight excluding hydrogens is 352 g/mol. The third-order valence-corrected chi connectivity index (χ3v) is 6.13. The summed E-state index contributed by atoms with van der Waals surface area (Å²) in [4.78, 5) is 32.8. The lowest BCUT2D eigenvalue weighted by Crippen LogP contribution is -2.47. The monoisotopic (exact) mass is 378 g/mol. The van der Waals surface area contributed by atoms with E-state index in [-0.39, 0.29) is 24.0 Å². The molecule has 0 spiro atoms. The van der Waals surface area contributed by atoms with Crippen molar-refractivity contribution >= 4 is 11.9 Å². The zero-order chi connectivity index (χ0) is 19.7. The van der Waals surface area contributed by atoms with Gasteiger partial charge in [-0.3, -0.25) is 9.59 Å². The van der Waals surface area contributed by atoms with E-state index in [1.807, 2.05) is 61.2 Å². The average Bonchev–Trinajstić information content (AvgIpc) is 3.25. The maximum absolute atomic E-state index is 13.3. The van der Waals surface area contributed by atoms with Crippen molar-refractivity contribution in [2.24, 2.45) is 5.41 Å². The van der Waals surface area contributed by atoms with Crippen LogP contribution in [0.2, 0.25) is 0 Å². The number of hydrogen-bond acceptors (Lipinski definition) is 4. The fourth-order valence-corrected chi connectivity index (χ4v) is 5.00. The number of carbonyl (C=O) groups excluding carboxylic acids is 2. The van der Waals surface area contributed by atoms with Gasteiger partial charge in [-0.25, -0.2) is 4.98 Å². The summed E-state index contributed by atoms with van der Waals surface area (Å²) >= 11 is 0. The lowest BCUT2D eigenvalue weighted by molar-refractivity contribution is -0.157. The van der Waals surface area contributed by atoms with Gasteiger partial charge in [0.05, 0.1) is 12.0 Å². The van der Waals surface area contributed by atoms with Crippen LogP contribution >= 0.6 is 0 Å². The summed E-state index contributed by atoms with van der Waals surface area (Å²) in [6.45, 7) is 4.06. The van der Waals surface area contributed by atoms with Crippen LogP contribution in [0.1, 0.15) is 47.9 Å². The molecule has 0 unspecified atom stereocenters. The number of aromatic nitrogens is 1. The Morgan fingerprint density at radius 1 is 1.14 bits per heavy atom. The van der Waals surface area contributed by atoms with Crippen molar-refractivity contribution in [3.63, 3.8) is 0 Å². The van der Waals surface area contributed by atoms with Gasteiger partial charge in [0.15, 0.2) is 0 Å². The molecule has 2 saturated heterocycles. The summed E-state index contributed by atoms with van der Waals surface area (Å²) < 4.78 is 5.51. The van der Waals surface area contributed by atoms with Gasteiger partial charge in [-0.2, -0.15) is 0 Å². The van der Waals surface area contributed by atoms with Gasteiger partial charge in [-0.15, -0.1) is 0 Å². The maximum Gasteiger partial charge on any atom is 0.314 e. The molecule has 4 rings (SSSR count). The molecule has 5 nitrogen and oxygen atoms in total. The minimum Gasteiger partial charge on any atom is -0.465 e. The number of rotatable bonds is 5. The molecule has 2 bridgehead atoms. The van der Waals surface area contributed by atoms with Gasteiger partial charge < -0.3 is 9.64 Å². The average molecular weight is 378 g/mol. The number of nitrogens with zero attached hydrogens (tertiary/aromatic N) is 2. The van der Waals surface area contributed by atoms with Gasteiger partial charge in [0, 0.05) is 17.8 Å². The number of carbonyl (C=O) groups is 2. The number of hydrogen-bond donors (Lipinski definition) is 0. The van der Waals surface area contributed by atoms with E-state index in [0.717, 1.165) is 24.1 Å². The standard InChI is InChI=1S/C23H26N2O3/c1-3-28-22(27)23(14-17-9-5-4-6-10-17)15-18-12-13-20(23)25(18)21(26)19-11-7-8-16(2)24-19/h4-11,18,20H,3,12-15H2,1-2H3/t18-,20+,23+/m1/s1. The highest BCUT2D eigenvalue weighted by atomic mass is 16.5. The van der Waals surface area contributed by atoms with E-state index < -0.39 is 5.41 Å². The predicted octanol–water partition coefficient (Wildman–Crippen LogP) is 3.56. The van der Waals surface area contributed by atoms with E-state index in [1.54, 1.807) is 6.07 Å². The summed E-state index contributed by atoms with van der Waals surface area (Å²) in [7, 11) is 0. The largest absolute Gasteiger partial charge is 0.465 e. The van der Waals surface area contributed by atoms with E-state index >= 15 is 0 Å². The highest BCUT2D eigenvalue weighted by molar-refractivity contribution is 5.94. The van der Waals surface area contributed by atoms with Gasteiger partial charge >= 0.3 is 5.97 Å². The number of aryl methyl sites for hydroxylation is 1. The highest BCUT2D eigenvalue weighted by Gasteiger charge is 2.62. The topological polar surface area (TPSA) is 59.5 Å². The first-order chi connectivity index (χ1) is 13.5. The van der Waals surface area contributed by atoms with Crippen molar-refractivity contribution in [3.05, 3.63) is 65.5 Å². The van der Waals surface area contributed by atoms with Gasteiger partial charge in [-0.05, 0) is 57.2 Å². The van der Waals surface area contributed by atoms with Crippen LogP contribution in [0.4, 0.5) is 0 Å². The molecule has 5 heteroatoms. The highest BCUT2D eigenvalue weighted by Crippen LogP contribution is 2.52. The van der Waals surface area contributed by atoms with Gasteiger partial charge in [-0.1, -0.05) is 36.4 Å². The van der Waals surface area contributed by atoms with Crippen LogP contribution in [0.5, 0.6) is 0 Å². The molecule has 0 aliphatic carbocycles. The number of fused-ring (bicyclic) bond motifs is 2. The molecule has 1 aromatic heterocycles. The molecule has 2 aromatic rings. The Labute approximate surface area is 165 Å². The van der Waals surface area contributed by atoms with Gasteiger partial charge in [0.2, 0.25) is 0 Å². The van der Waals surface area contributed by atoms with Gasteiger partial charge in [0.25, 0.3) is 5.91 Å². The predicted molar refractivity (Wildman–Crippen MR) is 106 cm³/mol. The molecule has 3 atom stereocenters. The van der Waals surface area contributed by atoms with Crippen LogP contribution in [0, 0.1) is 12.3 Å². The van der Waals surface area contributed by atoms with Crippen LogP contribution in [0.25, 0.3) is 0 Å². The molecule has 1 aromatic carbocycles. The Morgan fingerprint density at radius 3 is 2.64 bits per heavy atom. The second kappa shape index (κ2) is 7.38. The zero-order valence-corrected chi connectivity index (χ0v) is 16.4. The van der Waals surface area contributed by atoms with Crippen molar-refractivity contribution < 1.29 is 14.3 Å². The summed E-state index contributed by atoms with van der Waals surface area (Å²) in [5.41, 5.74) is 1.69. The minimum absolute atomic E-state index is 0.0629. The third-order valence-electron chi connectivity index (χ3n) is 6.13. The van der Waals surface area contributed by atoms with Crippen molar-refractivity contribution in [2.75, 3.05) is 6.61 Å². The fourth-order valence-electron chi connectivity index (χ4n) is 5.00. The number of ether oxygens (including phenoxy) is 1. The van der Waals surface area contributed by atoms with Crippen LogP contribution in [-0.4, -0.2) is 40.5 Å². The van der Waals surface area contributed by atoms with Crippen molar-refractivity contribution in [1.29, 1.82) is 0 Å². The smallest absolute Gasteiger partial charge is 0.314 e. The lowest BCUT2D eigenvalue weighted by atomic mass is 9.70. The summed E-state index contributed by atoms with van der Waals surface area (Å²) in [6.07, 6.45) is 3.01. The van der Waals surface area contributed by atoms with Crippen molar-refractivity contribution in [1.82, 2.24) is 9.88 Å². The summed E-state index contributed by atoms with van der Waals surface area (Å²) in [5.74, 6) is -0.253. The van der Waals surface area contributed by atoms with Gasteiger partial charge in [0.1, 0.15) is 5.69 Å². The number of amides is 1. The Morgan fingerprint density at radius 2 is 1.93 bits per heavy atom. The maximum atomic E-state index is 13.3. The minimum atomic E-state index is -0.681. The van der Waals surface area contributed by atoms with Crippen LogP contribution in [0.3, 0.4) is 0 Å². The SMILES string of the molecule is CCOC(=O)[C@@]1(Cc2ccccc2)C[C@H]2CC[C@@H]1N2C(=O)c1cccc(C)n1. The molecule has 0 N–H and O–H groups in total. The lowest BCUT2D eigenvalue weighted by Gasteiger charge is -2.35. The quantitative estimate of drug-likeness (QED) is 0.747. The Hall–Kier alpha value is -2.69. The molecule has 28 heavy (non-hydrogen) atoms. The van der Waals surface area contributed by atoms with Crippen LogP contribution < -0.4 is 0 Å². The summed E-state index contributed by atoms with van der Waals surface area (Å²) in [6, 6.07) is 15.4. The molecule has 2 aliphatic rings. The molecule has 0 saturated carbocycles. The normalized spacial score (nSPS) is 25.7. The number of esters is 1.